The summed E-state index contributed by atoms with van der Waals surface area (Å²) in [6.07, 6.45) is 3.20. The van der Waals surface area contributed by atoms with Crippen LogP contribution in [0.1, 0.15) is 31.1 Å². The lowest BCUT2D eigenvalue weighted by Crippen LogP contribution is -2.12. The van der Waals surface area contributed by atoms with E-state index in [9.17, 15) is 14.4 Å². The van der Waals surface area contributed by atoms with Crippen LogP contribution in [0.5, 0.6) is 0 Å². The fraction of sp³-hybridized carbons (Fsp3) is 0.333. The molecule has 0 unspecified atom stereocenters. The molecular weight excluding hydrogens is 222 g/mol. The van der Waals surface area contributed by atoms with E-state index in [1.54, 1.807) is 31.5 Å². The van der Waals surface area contributed by atoms with Gasteiger partial charge in [0.2, 0.25) is 5.78 Å². The number of carbonyl (C=O) groups is 3. The molecule has 0 radical (unpaired) electrons. The van der Waals surface area contributed by atoms with Gasteiger partial charge in [0.25, 0.3) is 0 Å². The summed E-state index contributed by atoms with van der Waals surface area (Å²) in [5.74, 6) is -1.25. The molecule has 0 saturated heterocycles. The average Bonchev–Trinajstić information content (AvgIpc) is 2.31. The Bertz CT molecular complexity index is 387. The number of hydrogen-bond donors (Lipinski definition) is 0. The zero-order chi connectivity index (χ0) is 13.3. The zero-order valence-corrected chi connectivity index (χ0v) is 10.1. The minimum Gasteiger partial charge on any atom is -0.460 e. The van der Waals surface area contributed by atoms with Crippen LogP contribution in [0.4, 0.5) is 0 Å². The summed E-state index contributed by atoms with van der Waals surface area (Å²) in [5, 5.41) is 0. The standard InChI is InChI=1S/C7H7NO.C5H8O3/c1-6(9)7-3-2-4-8-5-7;1-3-8-5(7)4(2)6/h2-5H,1H3;3H2,1-2H3. The second-order valence-corrected chi connectivity index (χ2v) is 3.07. The van der Waals surface area contributed by atoms with E-state index in [1.165, 1.54) is 13.8 Å². The highest BCUT2D eigenvalue weighted by molar-refractivity contribution is 6.32. The molecule has 1 heterocycles. The number of aromatic nitrogens is 1. The number of carbonyl (C=O) groups excluding carboxylic acids is 3. The molecule has 0 aliphatic rings. The van der Waals surface area contributed by atoms with Gasteiger partial charge in [0.1, 0.15) is 0 Å². The maximum atomic E-state index is 10.6. The van der Waals surface area contributed by atoms with E-state index < -0.39 is 11.8 Å². The van der Waals surface area contributed by atoms with Gasteiger partial charge in [-0.1, -0.05) is 0 Å². The highest BCUT2D eigenvalue weighted by atomic mass is 16.5. The van der Waals surface area contributed by atoms with Crippen LogP contribution in [0, 0.1) is 0 Å². The van der Waals surface area contributed by atoms with E-state index in [-0.39, 0.29) is 12.4 Å². The van der Waals surface area contributed by atoms with E-state index in [0.29, 0.717) is 5.56 Å². The lowest BCUT2D eigenvalue weighted by Gasteiger charge is -1.93. The highest BCUT2D eigenvalue weighted by Gasteiger charge is 2.05. The Balaban J connectivity index is 0.000000304. The third-order valence-electron chi connectivity index (χ3n) is 1.63. The number of pyridine rings is 1. The maximum absolute atomic E-state index is 10.6. The summed E-state index contributed by atoms with van der Waals surface area (Å²) >= 11 is 0. The molecule has 1 aromatic rings. The minimum absolute atomic E-state index is 0.0584. The molecule has 5 heteroatoms. The topological polar surface area (TPSA) is 73.3 Å². The van der Waals surface area contributed by atoms with Crippen molar-refractivity contribution in [3.63, 3.8) is 0 Å². The Morgan fingerprint density at radius 1 is 1.29 bits per heavy atom. The predicted octanol–water partition coefficient (Wildman–Crippen LogP) is 1.42. The molecule has 0 aliphatic carbocycles. The number of ether oxygens (including phenoxy) is 1. The minimum atomic E-state index is -0.757. The molecule has 17 heavy (non-hydrogen) atoms. The van der Waals surface area contributed by atoms with Gasteiger partial charge in [0, 0.05) is 24.9 Å². The van der Waals surface area contributed by atoms with E-state index in [1.807, 2.05) is 0 Å². The van der Waals surface area contributed by atoms with Gasteiger partial charge in [-0.25, -0.2) is 4.79 Å². The second-order valence-electron chi connectivity index (χ2n) is 3.07. The van der Waals surface area contributed by atoms with Crippen LogP contribution in [0.2, 0.25) is 0 Å². The van der Waals surface area contributed by atoms with Crippen LogP contribution in [-0.4, -0.2) is 29.1 Å². The van der Waals surface area contributed by atoms with Gasteiger partial charge >= 0.3 is 5.97 Å². The monoisotopic (exact) mass is 237 g/mol. The Hall–Kier alpha value is -2.04. The van der Waals surface area contributed by atoms with Crippen molar-refractivity contribution in [1.29, 1.82) is 0 Å². The summed E-state index contributed by atoms with van der Waals surface area (Å²) in [7, 11) is 0. The summed E-state index contributed by atoms with van der Waals surface area (Å²) in [6.45, 7) is 4.62. The first kappa shape index (κ1) is 15.0. The lowest BCUT2D eigenvalue weighted by atomic mass is 10.2. The number of rotatable bonds is 3. The molecule has 0 aliphatic heterocycles. The van der Waals surface area contributed by atoms with Crippen molar-refractivity contribution in [2.45, 2.75) is 20.8 Å². The lowest BCUT2D eigenvalue weighted by molar-refractivity contribution is -0.152. The number of hydrogen-bond acceptors (Lipinski definition) is 5. The normalized spacial score (nSPS) is 8.65. The van der Waals surface area contributed by atoms with Gasteiger partial charge in [0.15, 0.2) is 5.78 Å². The van der Waals surface area contributed by atoms with Gasteiger partial charge in [-0.2, -0.15) is 0 Å². The van der Waals surface area contributed by atoms with Crippen molar-refractivity contribution in [1.82, 2.24) is 4.98 Å². The van der Waals surface area contributed by atoms with E-state index in [0.717, 1.165) is 0 Å². The van der Waals surface area contributed by atoms with Crippen LogP contribution in [-0.2, 0) is 14.3 Å². The van der Waals surface area contributed by atoms with Crippen molar-refractivity contribution in [3.8, 4) is 0 Å². The molecule has 92 valence electrons. The average molecular weight is 237 g/mol. The molecule has 0 saturated carbocycles. The van der Waals surface area contributed by atoms with Crippen molar-refractivity contribution >= 4 is 17.5 Å². The fourth-order valence-corrected chi connectivity index (χ4v) is 0.804. The Labute approximate surface area is 99.8 Å². The van der Waals surface area contributed by atoms with Gasteiger partial charge in [-0.3, -0.25) is 14.6 Å². The third kappa shape index (κ3) is 6.94. The molecule has 0 atom stereocenters. The molecule has 5 nitrogen and oxygen atoms in total. The highest BCUT2D eigenvalue weighted by Crippen LogP contribution is 1.94. The number of nitrogens with zero attached hydrogens (tertiary/aromatic N) is 1. The zero-order valence-electron chi connectivity index (χ0n) is 10.1. The van der Waals surface area contributed by atoms with Gasteiger partial charge in [0.05, 0.1) is 6.61 Å². The quantitative estimate of drug-likeness (QED) is 0.451. The van der Waals surface area contributed by atoms with Gasteiger partial charge in [-0.15, -0.1) is 0 Å². The van der Waals surface area contributed by atoms with Crippen LogP contribution in [0.25, 0.3) is 0 Å². The summed E-state index contributed by atoms with van der Waals surface area (Å²) < 4.78 is 4.31. The van der Waals surface area contributed by atoms with Crippen LogP contribution in [0.15, 0.2) is 24.5 Å². The third-order valence-corrected chi connectivity index (χ3v) is 1.63. The summed E-state index contributed by atoms with van der Waals surface area (Å²) in [6, 6.07) is 3.49. The molecule has 0 aromatic carbocycles. The Kier molecular flexibility index (Phi) is 7.17. The fourth-order valence-electron chi connectivity index (χ4n) is 0.804. The molecule has 1 aromatic heterocycles. The predicted molar refractivity (Wildman–Crippen MR) is 61.6 cm³/mol. The van der Waals surface area contributed by atoms with Crippen molar-refractivity contribution in [3.05, 3.63) is 30.1 Å². The first-order valence-electron chi connectivity index (χ1n) is 5.07. The van der Waals surface area contributed by atoms with E-state index in [4.69, 9.17) is 0 Å². The summed E-state index contributed by atoms with van der Waals surface area (Å²) in [4.78, 5) is 34.6. The molecule has 0 amide bonds. The maximum Gasteiger partial charge on any atom is 0.374 e. The molecule has 0 spiro atoms. The van der Waals surface area contributed by atoms with Gasteiger partial charge in [-0.05, 0) is 26.0 Å². The van der Waals surface area contributed by atoms with E-state index in [2.05, 4.69) is 9.72 Å². The van der Waals surface area contributed by atoms with Crippen LogP contribution < -0.4 is 0 Å². The number of Topliss-reactive ketones (excluding diaryl/α,β-unsaturated/α-hetero) is 2. The largest absolute Gasteiger partial charge is 0.460 e. The van der Waals surface area contributed by atoms with Crippen molar-refractivity contribution in [2.24, 2.45) is 0 Å². The molecule has 0 N–H and O–H groups in total. The smallest absolute Gasteiger partial charge is 0.374 e. The number of esters is 1. The first-order chi connectivity index (χ1) is 7.99. The molecular formula is C12H15NO4. The van der Waals surface area contributed by atoms with Crippen molar-refractivity contribution < 1.29 is 19.1 Å². The summed E-state index contributed by atoms with van der Waals surface area (Å²) in [5.41, 5.74) is 0.664. The van der Waals surface area contributed by atoms with Crippen molar-refractivity contribution in [2.75, 3.05) is 6.61 Å². The second kappa shape index (κ2) is 8.15. The van der Waals surface area contributed by atoms with Crippen LogP contribution >= 0.6 is 0 Å². The van der Waals surface area contributed by atoms with Crippen LogP contribution in [0.3, 0.4) is 0 Å². The van der Waals surface area contributed by atoms with Gasteiger partial charge < -0.3 is 4.74 Å². The molecule has 0 bridgehead atoms. The number of ketones is 2. The SMILES string of the molecule is CC(=O)c1cccnc1.CCOC(=O)C(C)=O. The molecule has 1 rings (SSSR count). The van der Waals surface area contributed by atoms with E-state index >= 15 is 0 Å². The first-order valence-corrected chi connectivity index (χ1v) is 5.07. The Morgan fingerprint density at radius 2 is 1.94 bits per heavy atom. The Morgan fingerprint density at radius 3 is 2.18 bits per heavy atom. The molecule has 0 fully saturated rings.